The zero-order chi connectivity index (χ0) is 11.4. The monoisotopic (exact) mass is 211 g/mol. The number of likely N-dealkylation sites (N-methyl/N-ethyl adjacent to an activating group) is 1. The number of hydrogen-bond donors (Lipinski definition) is 1. The van der Waals surface area contributed by atoms with E-state index in [9.17, 15) is 9.18 Å². The minimum atomic E-state index is -0.461. The quantitative estimate of drug-likeness (QED) is 0.768. The minimum Gasteiger partial charge on any atom is -0.496 e. The summed E-state index contributed by atoms with van der Waals surface area (Å²) >= 11 is 0. The molecule has 0 aliphatic rings. The standard InChI is InChI=1S/C11H14FNO2/c1-7-9(10(14)6-13-2)4-8(12)5-11(7)15-3/h4-5,13H,6H2,1-3H3. The highest BCUT2D eigenvalue weighted by molar-refractivity contribution is 5.99. The molecule has 1 aromatic carbocycles. The van der Waals surface area contributed by atoms with Gasteiger partial charge >= 0.3 is 0 Å². The average Bonchev–Trinajstić information content (AvgIpc) is 2.21. The molecule has 1 rings (SSSR count). The lowest BCUT2D eigenvalue weighted by atomic mass is 10.0. The van der Waals surface area contributed by atoms with Crippen molar-refractivity contribution in [1.29, 1.82) is 0 Å². The first-order valence-corrected chi connectivity index (χ1v) is 4.62. The van der Waals surface area contributed by atoms with Gasteiger partial charge in [-0.3, -0.25) is 4.79 Å². The van der Waals surface area contributed by atoms with Crippen LogP contribution in [-0.2, 0) is 0 Å². The van der Waals surface area contributed by atoms with Crippen LogP contribution < -0.4 is 10.1 Å². The molecule has 0 heterocycles. The van der Waals surface area contributed by atoms with E-state index < -0.39 is 5.82 Å². The van der Waals surface area contributed by atoms with Crippen LogP contribution in [0.5, 0.6) is 5.75 Å². The molecular weight excluding hydrogens is 197 g/mol. The molecular formula is C11H14FNO2. The van der Waals surface area contributed by atoms with Gasteiger partial charge in [-0.25, -0.2) is 4.39 Å². The van der Waals surface area contributed by atoms with Gasteiger partial charge in [0, 0.05) is 17.2 Å². The van der Waals surface area contributed by atoms with Gasteiger partial charge in [0.2, 0.25) is 0 Å². The number of carbonyl (C=O) groups excluding carboxylic acids is 1. The van der Waals surface area contributed by atoms with Crippen LogP contribution in [0, 0.1) is 12.7 Å². The molecule has 1 aromatic rings. The molecule has 0 saturated carbocycles. The highest BCUT2D eigenvalue weighted by atomic mass is 19.1. The summed E-state index contributed by atoms with van der Waals surface area (Å²) in [5.41, 5.74) is 1.03. The first-order chi connectivity index (χ1) is 7.10. The van der Waals surface area contributed by atoms with Crippen LogP contribution in [0.4, 0.5) is 4.39 Å². The maximum atomic E-state index is 13.1. The van der Waals surface area contributed by atoms with Gasteiger partial charge in [0.05, 0.1) is 13.7 Å². The Hall–Kier alpha value is -1.42. The topological polar surface area (TPSA) is 38.3 Å². The summed E-state index contributed by atoms with van der Waals surface area (Å²) in [5.74, 6) is -0.209. The third-order valence-corrected chi connectivity index (χ3v) is 2.18. The number of halogens is 1. The van der Waals surface area contributed by atoms with E-state index in [1.807, 2.05) is 0 Å². The summed E-state index contributed by atoms with van der Waals surface area (Å²) in [6, 6.07) is 2.50. The molecule has 15 heavy (non-hydrogen) atoms. The third kappa shape index (κ3) is 2.53. The second kappa shape index (κ2) is 4.89. The summed E-state index contributed by atoms with van der Waals surface area (Å²) < 4.78 is 18.1. The zero-order valence-corrected chi connectivity index (χ0v) is 9.06. The second-order valence-electron chi connectivity index (χ2n) is 3.23. The lowest BCUT2D eigenvalue weighted by Gasteiger charge is -2.09. The van der Waals surface area contributed by atoms with Crippen molar-refractivity contribution in [3.63, 3.8) is 0 Å². The second-order valence-corrected chi connectivity index (χ2v) is 3.23. The van der Waals surface area contributed by atoms with Gasteiger partial charge in [-0.1, -0.05) is 0 Å². The highest BCUT2D eigenvalue weighted by Crippen LogP contribution is 2.23. The Morgan fingerprint density at radius 2 is 2.20 bits per heavy atom. The van der Waals surface area contributed by atoms with E-state index >= 15 is 0 Å². The molecule has 0 aromatic heterocycles. The fraction of sp³-hybridized carbons (Fsp3) is 0.364. The maximum absolute atomic E-state index is 13.1. The number of rotatable bonds is 4. The van der Waals surface area contributed by atoms with Gasteiger partial charge < -0.3 is 10.1 Å². The van der Waals surface area contributed by atoms with Gasteiger partial charge in [-0.2, -0.15) is 0 Å². The van der Waals surface area contributed by atoms with Crippen LogP contribution in [-0.4, -0.2) is 26.5 Å². The Bertz CT molecular complexity index is 377. The Kier molecular flexibility index (Phi) is 3.80. The molecule has 0 atom stereocenters. The minimum absolute atomic E-state index is 0.146. The van der Waals surface area contributed by atoms with Crippen LogP contribution in [0.15, 0.2) is 12.1 Å². The summed E-state index contributed by atoms with van der Waals surface area (Å²) in [6.45, 7) is 1.93. The van der Waals surface area contributed by atoms with E-state index in [0.717, 1.165) is 0 Å². The van der Waals surface area contributed by atoms with Crippen molar-refractivity contribution in [3.05, 3.63) is 29.1 Å². The Balaban J connectivity index is 3.17. The summed E-state index contributed by atoms with van der Waals surface area (Å²) in [4.78, 5) is 11.6. The van der Waals surface area contributed by atoms with Crippen LogP contribution in [0.25, 0.3) is 0 Å². The van der Waals surface area contributed by atoms with Crippen molar-refractivity contribution in [1.82, 2.24) is 5.32 Å². The van der Waals surface area contributed by atoms with E-state index in [1.165, 1.54) is 19.2 Å². The van der Waals surface area contributed by atoms with Gasteiger partial charge in [0.15, 0.2) is 5.78 Å². The molecule has 0 aliphatic carbocycles. The van der Waals surface area contributed by atoms with E-state index in [1.54, 1.807) is 14.0 Å². The van der Waals surface area contributed by atoms with Crippen LogP contribution >= 0.6 is 0 Å². The molecule has 82 valence electrons. The number of methoxy groups -OCH3 is 1. The fourth-order valence-electron chi connectivity index (χ4n) is 1.41. The molecule has 1 N–H and O–H groups in total. The molecule has 3 nitrogen and oxygen atoms in total. The van der Waals surface area contributed by atoms with Crippen molar-refractivity contribution in [2.75, 3.05) is 20.7 Å². The predicted octanol–water partition coefficient (Wildman–Crippen LogP) is 1.54. The summed E-state index contributed by atoms with van der Waals surface area (Å²) in [6.07, 6.45) is 0. The number of ether oxygens (including phenoxy) is 1. The first kappa shape index (κ1) is 11.7. The van der Waals surface area contributed by atoms with E-state index in [4.69, 9.17) is 4.74 Å². The molecule has 0 aliphatic heterocycles. The maximum Gasteiger partial charge on any atom is 0.177 e. The molecule has 0 fully saturated rings. The first-order valence-electron chi connectivity index (χ1n) is 4.62. The largest absolute Gasteiger partial charge is 0.496 e. The number of Topliss-reactive ketones (excluding diaryl/α,β-unsaturated/α-hetero) is 1. The Labute approximate surface area is 88.2 Å². The Morgan fingerprint density at radius 1 is 1.53 bits per heavy atom. The molecule has 0 unspecified atom stereocenters. The molecule has 0 amide bonds. The SMILES string of the molecule is CNCC(=O)c1cc(F)cc(OC)c1C. The number of ketones is 1. The summed E-state index contributed by atoms with van der Waals surface area (Å²) in [5, 5.41) is 2.74. The highest BCUT2D eigenvalue weighted by Gasteiger charge is 2.13. The predicted molar refractivity (Wildman–Crippen MR) is 55.9 cm³/mol. The third-order valence-electron chi connectivity index (χ3n) is 2.18. The van der Waals surface area contributed by atoms with Gasteiger partial charge in [-0.15, -0.1) is 0 Å². The molecule has 0 radical (unpaired) electrons. The average molecular weight is 211 g/mol. The lowest BCUT2D eigenvalue weighted by molar-refractivity contribution is 0.0992. The fourth-order valence-corrected chi connectivity index (χ4v) is 1.41. The molecule has 0 spiro atoms. The molecule has 4 heteroatoms. The summed E-state index contributed by atoms with van der Waals surface area (Å²) in [7, 11) is 3.12. The van der Waals surface area contributed by atoms with Crippen LogP contribution in [0.2, 0.25) is 0 Å². The number of hydrogen-bond acceptors (Lipinski definition) is 3. The zero-order valence-electron chi connectivity index (χ0n) is 9.06. The van der Waals surface area contributed by atoms with Gasteiger partial charge in [0.25, 0.3) is 0 Å². The van der Waals surface area contributed by atoms with Crippen LogP contribution in [0.3, 0.4) is 0 Å². The normalized spacial score (nSPS) is 10.1. The van der Waals surface area contributed by atoms with E-state index in [2.05, 4.69) is 5.32 Å². The molecule has 0 bridgehead atoms. The number of carbonyl (C=O) groups is 1. The molecule has 0 saturated heterocycles. The van der Waals surface area contributed by atoms with Crippen molar-refractivity contribution in [3.8, 4) is 5.75 Å². The van der Waals surface area contributed by atoms with Crippen molar-refractivity contribution in [2.24, 2.45) is 0 Å². The lowest BCUT2D eigenvalue weighted by Crippen LogP contribution is -2.19. The van der Waals surface area contributed by atoms with Crippen LogP contribution in [0.1, 0.15) is 15.9 Å². The van der Waals surface area contributed by atoms with E-state index in [0.29, 0.717) is 16.9 Å². The number of benzene rings is 1. The van der Waals surface area contributed by atoms with Crippen molar-refractivity contribution in [2.45, 2.75) is 6.92 Å². The van der Waals surface area contributed by atoms with E-state index in [-0.39, 0.29) is 12.3 Å². The number of nitrogens with one attached hydrogen (secondary N) is 1. The van der Waals surface area contributed by atoms with Gasteiger partial charge in [-0.05, 0) is 20.0 Å². The van der Waals surface area contributed by atoms with Crippen molar-refractivity contribution < 1.29 is 13.9 Å². The van der Waals surface area contributed by atoms with Gasteiger partial charge in [0.1, 0.15) is 11.6 Å². The smallest absolute Gasteiger partial charge is 0.177 e. The van der Waals surface area contributed by atoms with Crippen molar-refractivity contribution >= 4 is 5.78 Å². The Morgan fingerprint density at radius 3 is 2.73 bits per heavy atom.